The first kappa shape index (κ1) is 15.6. The minimum Gasteiger partial charge on any atom is -0.465 e. The summed E-state index contributed by atoms with van der Waals surface area (Å²) in [5.41, 5.74) is 1.73. The van der Waals surface area contributed by atoms with Gasteiger partial charge in [0.05, 0.1) is 23.3 Å². The standard InChI is InChI=1S/C16H13N3O5/c1-24-16(21)11-3-5-13(17-9-11)15(20)18-7-6-10-2-4-12(19(22)23)8-14(10)18/h2-5,8-9H,6-7H2,1H3. The van der Waals surface area contributed by atoms with Crippen LogP contribution in [0.1, 0.15) is 26.4 Å². The van der Waals surface area contributed by atoms with Gasteiger partial charge in [0, 0.05) is 24.9 Å². The van der Waals surface area contributed by atoms with E-state index in [1.165, 1.54) is 42.5 Å². The molecule has 3 rings (SSSR count). The Hall–Kier alpha value is -3.29. The second-order valence-electron chi connectivity index (χ2n) is 5.20. The van der Waals surface area contributed by atoms with E-state index >= 15 is 0 Å². The average molecular weight is 327 g/mol. The van der Waals surface area contributed by atoms with Crippen molar-refractivity contribution in [2.24, 2.45) is 0 Å². The van der Waals surface area contributed by atoms with E-state index < -0.39 is 10.9 Å². The van der Waals surface area contributed by atoms with Gasteiger partial charge in [0.2, 0.25) is 0 Å². The van der Waals surface area contributed by atoms with Crippen molar-refractivity contribution >= 4 is 23.3 Å². The Morgan fingerprint density at radius 1 is 1.29 bits per heavy atom. The van der Waals surface area contributed by atoms with E-state index in [0.717, 1.165) is 5.56 Å². The van der Waals surface area contributed by atoms with Gasteiger partial charge < -0.3 is 9.64 Å². The molecule has 1 aromatic carbocycles. The number of pyridine rings is 1. The van der Waals surface area contributed by atoms with Crippen LogP contribution in [0.25, 0.3) is 0 Å². The molecule has 1 aromatic heterocycles. The van der Waals surface area contributed by atoms with Crippen LogP contribution in [-0.4, -0.2) is 35.4 Å². The van der Waals surface area contributed by atoms with E-state index in [9.17, 15) is 19.7 Å². The molecular formula is C16H13N3O5. The number of ether oxygens (including phenoxy) is 1. The number of hydrogen-bond donors (Lipinski definition) is 0. The van der Waals surface area contributed by atoms with Crippen LogP contribution in [0, 0.1) is 10.1 Å². The second kappa shape index (κ2) is 6.07. The maximum atomic E-state index is 12.6. The topological polar surface area (TPSA) is 103 Å². The summed E-state index contributed by atoms with van der Waals surface area (Å²) in [5.74, 6) is -0.908. The maximum absolute atomic E-state index is 12.6. The third-order valence-corrected chi connectivity index (χ3v) is 3.82. The van der Waals surface area contributed by atoms with Crippen LogP contribution < -0.4 is 4.90 Å². The van der Waals surface area contributed by atoms with E-state index in [1.54, 1.807) is 6.07 Å². The summed E-state index contributed by atoms with van der Waals surface area (Å²) in [6.45, 7) is 0.426. The zero-order chi connectivity index (χ0) is 17.3. The van der Waals surface area contributed by atoms with Crippen molar-refractivity contribution in [1.29, 1.82) is 0 Å². The molecule has 0 unspecified atom stereocenters. The number of carbonyl (C=O) groups is 2. The molecule has 2 heterocycles. The van der Waals surface area contributed by atoms with Crippen LogP contribution >= 0.6 is 0 Å². The van der Waals surface area contributed by atoms with Gasteiger partial charge in [-0.2, -0.15) is 0 Å². The fourth-order valence-corrected chi connectivity index (χ4v) is 2.59. The normalized spacial score (nSPS) is 12.6. The van der Waals surface area contributed by atoms with Crippen molar-refractivity contribution in [3.05, 3.63) is 63.5 Å². The van der Waals surface area contributed by atoms with Crippen molar-refractivity contribution in [3.63, 3.8) is 0 Å². The van der Waals surface area contributed by atoms with Gasteiger partial charge in [-0.25, -0.2) is 4.79 Å². The van der Waals surface area contributed by atoms with Crippen LogP contribution in [0.2, 0.25) is 0 Å². The molecule has 0 aliphatic carbocycles. The highest BCUT2D eigenvalue weighted by atomic mass is 16.6. The van der Waals surface area contributed by atoms with Gasteiger partial charge in [-0.1, -0.05) is 6.07 Å². The number of rotatable bonds is 3. The number of nitrogens with zero attached hydrogens (tertiary/aromatic N) is 3. The molecular weight excluding hydrogens is 314 g/mol. The summed E-state index contributed by atoms with van der Waals surface area (Å²) >= 11 is 0. The molecule has 0 radical (unpaired) electrons. The molecule has 24 heavy (non-hydrogen) atoms. The molecule has 0 atom stereocenters. The lowest BCUT2D eigenvalue weighted by atomic mass is 10.1. The van der Waals surface area contributed by atoms with E-state index in [4.69, 9.17) is 0 Å². The Morgan fingerprint density at radius 2 is 2.08 bits per heavy atom. The molecule has 0 spiro atoms. The molecule has 0 bridgehead atoms. The van der Waals surface area contributed by atoms with E-state index in [-0.39, 0.29) is 22.9 Å². The number of fused-ring (bicyclic) bond motifs is 1. The van der Waals surface area contributed by atoms with Gasteiger partial charge in [-0.05, 0) is 24.1 Å². The number of aromatic nitrogens is 1. The van der Waals surface area contributed by atoms with Gasteiger partial charge in [-0.3, -0.25) is 19.9 Å². The zero-order valence-electron chi connectivity index (χ0n) is 12.8. The summed E-state index contributed by atoms with van der Waals surface area (Å²) in [6.07, 6.45) is 1.89. The first-order valence-corrected chi connectivity index (χ1v) is 7.15. The number of amides is 1. The van der Waals surface area contributed by atoms with Crippen LogP contribution in [0.4, 0.5) is 11.4 Å². The van der Waals surface area contributed by atoms with Crippen LogP contribution in [0.3, 0.4) is 0 Å². The zero-order valence-corrected chi connectivity index (χ0v) is 12.8. The minimum atomic E-state index is -0.538. The Bertz CT molecular complexity index is 832. The lowest BCUT2D eigenvalue weighted by Gasteiger charge is -2.16. The molecule has 0 saturated carbocycles. The molecule has 8 heteroatoms. The van der Waals surface area contributed by atoms with Crippen molar-refractivity contribution in [2.75, 3.05) is 18.6 Å². The summed E-state index contributed by atoms with van der Waals surface area (Å²) in [7, 11) is 1.26. The Labute approximate surface area is 136 Å². The van der Waals surface area contributed by atoms with Crippen molar-refractivity contribution < 1.29 is 19.2 Å². The minimum absolute atomic E-state index is 0.0672. The van der Waals surface area contributed by atoms with Gasteiger partial charge in [0.1, 0.15) is 5.69 Å². The lowest BCUT2D eigenvalue weighted by molar-refractivity contribution is -0.384. The van der Waals surface area contributed by atoms with Crippen LogP contribution in [-0.2, 0) is 11.2 Å². The summed E-state index contributed by atoms with van der Waals surface area (Å²) in [4.78, 5) is 39.9. The highest BCUT2D eigenvalue weighted by Gasteiger charge is 2.28. The van der Waals surface area contributed by atoms with E-state index in [1.807, 2.05) is 0 Å². The largest absolute Gasteiger partial charge is 0.465 e. The van der Waals surface area contributed by atoms with Crippen LogP contribution in [0.5, 0.6) is 0 Å². The number of methoxy groups -OCH3 is 1. The molecule has 122 valence electrons. The van der Waals surface area contributed by atoms with Gasteiger partial charge in [-0.15, -0.1) is 0 Å². The molecule has 1 amide bonds. The van der Waals surface area contributed by atoms with E-state index in [2.05, 4.69) is 9.72 Å². The molecule has 0 fully saturated rings. The highest BCUT2D eigenvalue weighted by molar-refractivity contribution is 6.06. The SMILES string of the molecule is COC(=O)c1ccc(C(=O)N2CCc3ccc([N+](=O)[O-])cc32)nc1. The predicted molar refractivity (Wildman–Crippen MR) is 84.1 cm³/mol. The molecule has 1 aliphatic heterocycles. The molecule has 2 aromatic rings. The number of benzene rings is 1. The summed E-state index contributed by atoms with van der Waals surface area (Å²) in [6, 6.07) is 7.37. The Kier molecular flexibility index (Phi) is 3.95. The van der Waals surface area contributed by atoms with E-state index in [0.29, 0.717) is 18.7 Å². The highest BCUT2D eigenvalue weighted by Crippen LogP contribution is 2.32. The summed E-state index contributed by atoms with van der Waals surface area (Å²) < 4.78 is 4.58. The predicted octanol–water partition coefficient (Wildman–Crippen LogP) is 1.98. The number of esters is 1. The Morgan fingerprint density at radius 3 is 2.71 bits per heavy atom. The fourth-order valence-electron chi connectivity index (χ4n) is 2.59. The van der Waals surface area contributed by atoms with Gasteiger partial charge in [0.25, 0.3) is 11.6 Å². The molecule has 1 aliphatic rings. The average Bonchev–Trinajstić information content (AvgIpc) is 3.03. The third-order valence-electron chi connectivity index (χ3n) is 3.82. The molecule has 8 nitrogen and oxygen atoms in total. The number of non-ortho nitro benzene ring substituents is 1. The van der Waals surface area contributed by atoms with Crippen molar-refractivity contribution in [2.45, 2.75) is 6.42 Å². The van der Waals surface area contributed by atoms with Crippen molar-refractivity contribution in [1.82, 2.24) is 4.98 Å². The Balaban J connectivity index is 1.89. The van der Waals surface area contributed by atoms with Crippen LogP contribution in [0.15, 0.2) is 36.5 Å². The quantitative estimate of drug-likeness (QED) is 0.485. The number of nitro groups is 1. The van der Waals surface area contributed by atoms with Gasteiger partial charge >= 0.3 is 5.97 Å². The fraction of sp³-hybridized carbons (Fsp3) is 0.188. The number of hydrogen-bond acceptors (Lipinski definition) is 6. The smallest absolute Gasteiger partial charge is 0.339 e. The first-order chi connectivity index (χ1) is 11.5. The maximum Gasteiger partial charge on any atom is 0.339 e. The summed E-state index contributed by atoms with van der Waals surface area (Å²) in [5, 5.41) is 10.9. The number of nitro benzene ring substituents is 1. The number of anilines is 1. The number of carbonyl (C=O) groups excluding carboxylic acids is 2. The van der Waals surface area contributed by atoms with Gasteiger partial charge in [0.15, 0.2) is 0 Å². The molecule has 0 saturated heterocycles. The first-order valence-electron chi connectivity index (χ1n) is 7.15. The lowest BCUT2D eigenvalue weighted by Crippen LogP contribution is -2.29. The molecule has 0 N–H and O–H groups in total. The monoisotopic (exact) mass is 327 g/mol. The second-order valence-corrected chi connectivity index (χ2v) is 5.20. The third kappa shape index (κ3) is 2.69. The van der Waals surface area contributed by atoms with Crippen molar-refractivity contribution in [3.8, 4) is 0 Å².